The fourth-order valence-electron chi connectivity index (χ4n) is 2.77. The van der Waals surface area contributed by atoms with Gasteiger partial charge in [-0.15, -0.1) is 0 Å². The maximum Gasteiger partial charge on any atom is 0.246 e. The Bertz CT molecular complexity index is 590. The van der Waals surface area contributed by atoms with E-state index in [1.165, 1.54) is 0 Å². The number of rotatable bonds is 6. The summed E-state index contributed by atoms with van der Waals surface area (Å²) in [5, 5.41) is 2.94. The molecule has 2 amide bonds. The van der Waals surface area contributed by atoms with Crippen LogP contribution >= 0.6 is 0 Å². The number of ether oxygens (including phenoxy) is 1. The van der Waals surface area contributed by atoms with Gasteiger partial charge in [-0.3, -0.25) is 9.59 Å². The largest absolute Gasteiger partial charge is 0.497 e. The van der Waals surface area contributed by atoms with Crippen molar-refractivity contribution in [2.45, 2.75) is 26.2 Å². The Kier molecular flexibility index (Phi) is 6.85. The molecule has 0 atom stereocenters. The van der Waals surface area contributed by atoms with Gasteiger partial charge in [0.15, 0.2) is 0 Å². The first-order chi connectivity index (χ1) is 11.6. The molecule has 2 rings (SSSR count). The van der Waals surface area contributed by atoms with Gasteiger partial charge in [0, 0.05) is 31.6 Å². The van der Waals surface area contributed by atoms with Gasteiger partial charge in [-0.1, -0.05) is 19.1 Å². The van der Waals surface area contributed by atoms with Gasteiger partial charge in [-0.25, -0.2) is 0 Å². The van der Waals surface area contributed by atoms with Gasteiger partial charge in [0.2, 0.25) is 11.8 Å². The molecule has 1 saturated heterocycles. The van der Waals surface area contributed by atoms with Crippen LogP contribution < -0.4 is 10.1 Å². The van der Waals surface area contributed by atoms with Crippen LogP contribution in [0.2, 0.25) is 0 Å². The Hall–Kier alpha value is -2.30. The van der Waals surface area contributed by atoms with Crippen LogP contribution in [0.4, 0.5) is 0 Å². The molecule has 24 heavy (non-hydrogen) atoms. The summed E-state index contributed by atoms with van der Waals surface area (Å²) in [4.78, 5) is 26.1. The van der Waals surface area contributed by atoms with Crippen LogP contribution in [-0.4, -0.2) is 43.5 Å². The summed E-state index contributed by atoms with van der Waals surface area (Å²) in [5.74, 6) is 0.910. The molecule has 1 fully saturated rings. The van der Waals surface area contributed by atoms with Gasteiger partial charge >= 0.3 is 0 Å². The molecular formula is C19H26N2O3. The number of carbonyl (C=O) groups is 2. The lowest BCUT2D eigenvalue weighted by Crippen LogP contribution is -2.42. The Morgan fingerprint density at radius 3 is 2.75 bits per heavy atom. The third-order valence-corrected chi connectivity index (χ3v) is 4.24. The molecule has 1 aromatic carbocycles. The highest BCUT2D eigenvalue weighted by molar-refractivity contribution is 5.92. The fourth-order valence-corrected chi connectivity index (χ4v) is 2.77. The van der Waals surface area contributed by atoms with E-state index >= 15 is 0 Å². The normalized spacial score (nSPS) is 15.5. The number of likely N-dealkylation sites (tertiary alicyclic amines) is 1. The van der Waals surface area contributed by atoms with Crippen molar-refractivity contribution in [1.82, 2.24) is 10.2 Å². The molecule has 0 spiro atoms. The zero-order chi connectivity index (χ0) is 17.4. The molecule has 0 unspecified atom stereocenters. The lowest BCUT2D eigenvalue weighted by atomic mass is 9.96. The van der Waals surface area contributed by atoms with Crippen molar-refractivity contribution in [2.24, 2.45) is 5.92 Å². The summed E-state index contributed by atoms with van der Waals surface area (Å²) in [5.41, 5.74) is 0.927. The van der Waals surface area contributed by atoms with Crippen LogP contribution in [0.5, 0.6) is 5.75 Å². The van der Waals surface area contributed by atoms with Crippen LogP contribution in [0.15, 0.2) is 30.3 Å². The molecule has 1 aromatic rings. The van der Waals surface area contributed by atoms with Gasteiger partial charge in [-0.2, -0.15) is 0 Å². The second kappa shape index (κ2) is 9.11. The van der Waals surface area contributed by atoms with E-state index in [2.05, 4.69) is 5.32 Å². The highest BCUT2D eigenvalue weighted by atomic mass is 16.5. The van der Waals surface area contributed by atoms with Crippen molar-refractivity contribution in [3.8, 4) is 5.75 Å². The van der Waals surface area contributed by atoms with E-state index in [1.807, 2.05) is 31.2 Å². The number of nitrogens with one attached hydrogen (secondary N) is 1. The zero-order valence-electron chi connectivity index (χ0n) is 14.5. The predicted octanol–water partition coefficient (Wildman–Crippen LogP) is 2.47. The maximum absolute atomic E-state index is 12.3. The van der Waals surface area contributed by atoms with Gasteiger partial charge in [-0.05, 0) is 43.0 Å². The van der Waals surface area contributed by atoms with E-state index in [-0.39, 0.29) is 17.7 Å². The number of benzene rings is 1. The quantitative estimate of drug-likeness (QED) is 0.815. The van der Waals surface area contributed by atoms with E-state index in [0.29, 0.717) is 13.1 Å². The maximum atomic E-state index is 12.3. The first-order valence-corrected chi connectivity index (χ1v) is 8.52. The molecule has 1 aliphatic heterocycles. The van der Waals surface area contributed by atoms with Gasteiger partial charge in [0.1, 0.15) is 5.75 Å². The topological polar surface area (TPSA) is 58.6 Å². The number of piperidine rings is 1. The molecule has 5 nitrogen and oxygen atoms in total. The Labute approximate surface area is 143 Å². The van der Waals surface area contributed by atoms with Crippen molar-refractivity contribution in [3.63, 3.8) is 0 Å². The number of hydrogen-bond acceptors (Lipinski definition) is 3. The molecule has 0 aliphatic carbocycles. The molecule has 1 heterocycles. The number of nitrogens with zero attached hydrogens (tertiary/aromatic N) is 1. The van der Waals surface area contributed by atoms with Crippen LogP contribution in [0.3, 0.4) is 0 Å². The minimum absolute atomic E-state index is 0.00904. The third-order valence-electron chi connectivity index (χ3n) is 4.24. The first-order valence-electron chi connectivity index (χ1n) is 8.52. The first kappa shape index (κ1) is 18.0. The monoisotopic (exact) mass is 330 g/mol. The Balaban J connectivity index is 1.84. The van der Waals surface area contributed by atoms with Crippen molar-refractivity contribution < 1.29 is 14.3 Å². The lowest BCUT2D eigenvalue weighted by Gasteiger charge is -2.30. The summed E-state index contributed by atoms with van der Waals surface area (Å²) in [6, 6.07) is 7.57. The Morgan fingerprint density at radius 1 is 1.33 bits per heavy atom. The van der Waals surface area contributed by atoms with E-state index in [9.17, 15) is 9.59 Å². The number of carbonyl (C=O) groups excluding carboxylic acids is 2. The van der Waals surface area contributed by atoms with E-state index in [1.54, 1.807) is 24.2 Å². The van der Waals surface area contributed by atoms with Crippen molar-refractivity contribution >= 4 is 17.9 Å². The van der Waals surface area contributed by atoms with Crippen molar-refractivity contribution in [1.29, 1.82) is 0 Å². The van der Waals surface area contributed by atoms with Crippen LogP contribution in [0, 0.1) is 5.92 Å². The predicted molar refractivity (Wildman–Crippen MR) is 94.6 cm³/mol. The second-order valence-corrected chi connectivity index (χ2v) is 6.00. The van der Waals surface area contributed by atoms with Crippen molar-refractivity contribution in [2.75, 3.05) is 26.7 Å². The lowest BCUT2D eigenvalue weighted by molar-refractivity contribution is -0.132. The van der Waals surface area contributed by atoms with Gasteiger partial charge in [0.05, 0.1) is 7.11 Å². The molecule has 0 aromatic heterocycles. The number of hydrogen-bond donors (Lipinski definition) is 1. The smallest absolute Gasteiger partial charge is 0.246 e. The summed E-state index contributed by atoms with van der Waals surface area (Å²) in [6.45, 7) is 4.02. The molecule has 0 saturated carbocycles. The zero-order valence-corrected chi connectivity index (χ0v) is 14.5. The average molecular weight is 330 g/mol. The molecule has 5 heteroatoms. The van der Waals surface area contributed by atoms with E-state index < -0.39 is 0 Å². The standard InChI is InChI=1S/C19H26N2O3/c1-3-11-20-19(23)16-9-12-21(13-10-16)18(22)8-7-15-5-4-6-17(14-15)24-2/h4-8,14,16H,3,9-13H2,1-2H3,(H,20,23)/b8-7+. The summed E-state index contributed by atoms with van der Waals surface area (Å²) >= 11 is 0. The molecule has 1 aliphatic rings. The van der Waals surface area contributed by atoms with E-state index in [4.69, 9.17) is 4.74 Å². The number of amides is 2. The highest BCUT2D eigenvalue weighted by Gasteiger charge is 2.26. The summed E-state index contributed by atoms with van der Waals surface area (Å²) in [7, 11) is 1.62. The fraction of sp³-hybridized carbons (Fsp3) is 0.474. The number of methoxy groups -OCH3 is 1. The van der Waals surface area contributed by atoms with Crippen LogP contribution in [0.1, 0.15) is 31.7 Å². The Morgan fingerprint density at radius 2 is 2.08 bits per heavy atom. The van der Waals surface area contributed by atoms with Gasteiger partial charge < -0.3 is 15.0 Å². The summed E-state index contributed by atoms with van der Waals surface area (Å²) < 4.78 is 5.17. The summed E-state index contributed by atoms with van der Waals surface area (Å²) in [6.07, 6.45) is 5.79. The molecular weight excluding hydrogens is 304 g/mol. The third kappa shape index (κ3) is 5.11. The van der Waals surface area contributed by atoms with E-state index in [0.717, 1.165) is 37.1 Å². The molecule has 1 N–H and O–H groups in total. The second-order valence-electron chi connectivity index (χ2n) is 6.00. The minimum Gasteiger partial charge on any atom is -0.497 e. The molecule has 0 radical (unpaired) electrons. The molecule has 0 bridgehead atoms. The van der Waals surface area contributed by atoms with Crippen LogP contribution in [-0.2, 0) is 9.59 Å². The van der Waals surface area contributed by atoms with Crippen molar-refractivity contribution in [3.05, 3.63) is 35.9 Å². The van der Waals surface area contributed by atoms with Crippen LogP contribution in [0.25, 0.3) is 6.08 Å². The SMILES string of the molecule is CCCNC(=O)C1CCN(C(=O)/C=C/c2cccc(OC)c2)CC1. The minimum atomic E-state index is -0.00904. The molecule has 130 valence electrons. The highest BCUT2D eigenvalue weighted by Crippen LogP contribution is 2.18. The van der Waals surface area contributed by atoms with Gasteiger partial charge in [0.25, 0.3) is 0 Å². The average Bonchev–Trinajstić information content (AvgIpc) is 2.64.